The van der Waals surface area contributed by atoms with Crippen molar-refractivity contribution in [1.82, 2.24) is 10.2 Å². The van der Waals surface area contributed by atoms with E-state index in [2.05, 4.69) is 47.5 Å². The number of ether oxygens (including phenoxy) is 1. The van der Waals surface area contributed by atoms with Crippen LogP contribution in [0.25, 0.3) is 0 Å². The Morgan fingerprint density at radius 3 is 2.60 bits per heavy atom. The Balaban J connectivity index is 1.64. The largest absolute Gasteiger partial charge is 0.383 e. The Bertz CT molecular complexity index is 361. The minimum atomic E-state index is 0.459. The van der Waals surface area contributed by atoms with E-state index >= 15 is 0 Å². The van der Waals surface area contributed by atoms with Crippen molar-refractivity contribution < 1.29 is 4.74 Å². The molecule has 0 unspecified atom stereocenters. The van der Waals surface area contributed by atoms with Crippen molar-refractivity contribution in [3.05, 3.63) is 35.9 Å². The van der Waals surface area contributed by atoms with Crippen molar-refractivity contribution >= 4 is 0 Å². The van der Waals surface area contributed by atoms with E-state index in [0.717, 1.165) is 6.61 Å². The molecule has 1 aromatic carbocycles. The van der Waals surface area contributed by atoms with Gasteiger partial charge in [-0.1, -0.05) is 30.3 Å². The molecule has 0 amide bonds. The lowest BCUT2D eigenvalue weighted by molar-refractivity contribution is 0.147. The van der Waals surface area contributed by atoms with Gasteiger partial charge in [-0.3, -0.25) is 0 Å². The summed E-state index contributed by atoms with van der Waals surface area (Å²) in [6.07, 6.45) is 3.67. The first-order valence-electron chi connectivity index (χ1n) is 7.79. The monoisotopic (exact) mass is 276 g/mol. The standard InChI is InChI=1S/C17H28N2O/c1-15(14-20-2)18-17-9-12-19(13-10-17)11-8-16-6-4-3-5-7-16/h3-7,15,17-18H,8-14H2,1-2H3/t15-/m1/s1. The van der Waals surface area contributed by atoms with Gasteiger partial charge in [-0.15, -0.1) is 0 Å². The summed E-state index contributed by atoms with van der Waals surface area (Å²) in [4.78, 5) is 2.59. The third kappa shape index (κ3) is 5.23. The van der Waals surface area contributed by atoms with Gasteiger partial charge in [0.25, 0.3) is 0 Å². The number of likely N-dealkylation sites (tertiary alicyclic amines) is 1. The van der Waals surface area contributed by atoms with Crippen LogP contribution in [0, 0.1) is 0 Å². The van der Waals surface area contributed by atoms with Crippen LogP contribution in [0.1, 0.15) is 25.3 Å². The molecule has 1 fully saturated rings. The molecule has 1 saturated heterocycles. The third-order valence-electron chi connectivity index (χ3n) is 4.08. The normalized spacial score (nSPS) is 19.1. The first kappa shape index (κ1) is 15.5. The summed E-state index contributed by atoms with van der Waals surface area (Å²) >= 11 is 0. The number of nitrogens with zero attached hydrogens (tertiary/aromatic N) is 1. The number of hydrogen-bond donors (Lipinski definition) is 1. The van der Waals surface area contributed by atoms with Gasteiger partial charge in [-0.05, 0) is 44.8 Å². The molecule has 3 heteroatoms. The second-order valence-corrected chi connectivity index (χ2v) is 5.87. The maximum Gasteiger partial charge on any atom is 0.0613 e. The van der Waals surface area contributed by atoms with Crippen LogP contribution in [0.4, 0.5) is 0 Å². The number of benzene rings is 1. The SMILES string of the molecule is COC[C@@H](C)NC1CCN(CCc2ccccc2)CC1. The Kier molecular flexibility index (Phi) is 6.51. The maximum atomic E-state index is 5.18. The highest BCUT2D eigenvalue weighted by Gasteiger charge is 2.19. The molecule has 1 atom stereocenters. The Hall–Kier alpha value is -0.900. The summed E-state index contributed by atoms with van der Waals surface area (Å²) in [5.41, 5.74) is 1.45. The topological polar surface area (TPSA) is 24.5 Å². The van der Waals surface area contributed by atoms with Gasteiger partial charge in [0.2, 0.25) is 0 Å². The van der Waals surface area contributed by atoms with Crippen LogP contribution in [0.15, 0.2) is 30.3 Å². The fourth-order valence-electron chi connectivity index (χ4n) is 2.96. The molecule has 3 nitrogen and oxygen atoms in total. The van der Waals surface area contributed by atoms with Crippen molar-refractivity contribution in [3.8, 4) is 0 Å². The molecule has 1 aliphatic rings. The van der Waals surface area contributed by atoms with E-state index in [0.29, 0.717) is 12.1 Å². The van der Waals surface area contributed by atoms with Crippen molar-refractivity contribution in [2.24, 2.45) is 0 Å². The van der Waals surface area contributed by atoms with Gasteiger partial charge in [-0.25, -0.2) is 0 Å². The van der Waals surface area contributed by atoms with Gasteiger partial charge < -0.3 is 15.0 Å². The van der Waals surface area contributed by atoms with E-state index in [1.54, 1.807) is 7.11 Å². The smallest absolute Gasteiger partial charge is 0.0613 e. The zero-order valence-corrected chi connectivity index (χ0v) is 12.8. The minimum Gasteiger partial charge on any atom is -0.383 e. The molecule has 0 bridgehead atoms. The average molecular weight is 276 g/mol. The lowest BCUT2D eigenvalue weighted by atomic mass is 10.0. The molecule has 0 radical (unpaired) electrons. The second kappa shape index (κ2) is 8.40. The Morgan fingerprint density at radius 2 is 1.95 bits per heavy atom. The molecule has 0 spiro atoms. The molecule has 2 rings (SSSR count). The van der Waals surface area contributed by atoms with Gasteiger partial charge in [0.1, 0.15) is 0 Å². The highest BCUT2D eigenvalue weighted by molar-refractivity contribution is 5.14. The second-order valence-electron chi connectivity index (χ2n) is 5.87. The summed E-state index contributed by atoms with van der Waals surface area (Å²) in [6.45, 7) is 6.61. The molecule has 1 aliphatic heterocycles. The summed E-state index contributed by atoms with van der Waals surface area (Å²) in [5.74, 6) is 0. The highest BCUT2D eigenvalue weighted by Crippen LogP contribution is 2.12. The molecule has 1 N–H and O–H groups in total. The van der Waals surface area contributed by atoms with Gasteiger partial charge in [0, 0.05) is 25.7 Å². The van der Waals surface area contributed by atoms with E-state index in [1.807, 2.05) is 0 Å². The average Bonchev–Trinajstić information content (AvgIpc) is 2.48. The van der Waals surface area contributed by atoms with E-state index in [4.69, 9.17) is 4.74 Å². The molecular formula is C17H28N2O. The molecule has 1 aromatic rings. The van der Waals surface area contributed by atoms with Gasteiger partial charge in [0.05, 0.1) is 6.61 Å². The highest BCUT2D eigenvalue weighted by atomic mass is 16.5. The first-order chi connectivity index (χ1) is 9.78. The van der Waals surface area contributed by atoms with E-state index in [1.165, 1.54) is 44.5 Å². The number of hydrogen-bond acceptors (Lipinski definition) is 3. The van der Waals surface area contributed by atoms with Crippen molar-refractivity contribution in [3.63, 3.8) is 0 Å². The summed E-state index contributed by atoms with van der Waals surface area (Å²) in [5, 5.41) is 3.66. The molecule has 112 valence electrons. The van der Waals surface area contributed by atoms with Crippen LogP contribution in [0.2, 0.25) is 0 Å². The van der Waals surface area contributed by atoms with Crippen molar-refractivity contribution in [2.45, 2.75) is 38.3 Å². The molecule has 20 heavy (non-hydrogen) atoms. The molecular weight excluding hydrogens is 248 g/mol. The van der Waals surface area contributed by atoms with E-state index in [9.17, 15) is 0 Å². The van der Waals surface area contributed by atoms with Gasteiger partial charge in [0.15, 0.2) is 0 Å². The van der Waals surface area contributed by atoms with Crippen LogP contribution in [-0.2, 0) is 11.2 Å². The van der Waals surface area contributed by atoms with Gasteiger partial charge >= 0.3 is 0 Å². The molecule has 0 aromatic heterocycles. The first-order valence-corrected chi connectivity index (χ1v) is 7.79. The zero-order chi connectivity index (χ0) is 14.2. The molecule has 1 heterocycles. The summed E-state index contributed by atoms with van der Waals surface area (Å²) < 4.78 is 5.18. The van der Waals surface area contributed by atoms with Crippen LogP contribution < -0.4 is 5.32 Å². The Morgan fingerprint density at radius 1 is 1.25 bits per heavy atom. The molecule has 0 saturated carbocycles. The van der Waals surface area contributed by atoms with Gasteiger partial charge in [-0.2, -0.15) is 0 Å². The minimum absolute atomic E-state index is 0.459. The maximum absolute atomic E-state index is 5.18. The van der Waals surface area contributed by atoms with Crippen molar-refractivity contribution in [2.75, 3.05) is 33.4 Å². The fraction of sp³-hybridized carbons (Fsp3) is 0.647. The predicted octanol–water partition coefficient (Wildman–Crippen LogP) is 2.32. The quantitative estimate of drug-likeness (QED) is 0.827. The van der Waals surface area contributed by atoms with Crippen LogP contribution in [-0.4, -0.2) is 50.3 Å². The third-order valence-corrected chi connectivity index (χ3v) is 4.08. The summed E-state index contributed by atoms with van der Waals surface area (Å²) in [6, 6.07) is 11.9. The lowest BCUT2D eigenvalue weighted by Crippen LogP contribution is -2.46. The van der Waals surface area contributed by atoms with Crippen LogP contribution in [0.3, 0.4) is 0 Å². The van der Waals surface area contributed by atoms with E-state index < -0.39 is 0 Å². The zero-order valence-electron chi connectivity index (χ0n) is 12.8. The molecule has 0 aliphatic carbocycles. The van der Waals surface area contributed by atoms with E-state index in [-0.39, 0.29) is 0 Å². The number of rotatable bonds is 7. The number of methoxy groups -OCH3 is 1. The van der Waals surface area contributed by atoms with Crippen LogP contribution >= 0.6 is 0 Å². The van der Waals surface area contributed by atoms with Crippen LogP contribution in [0.5, 0.6) is 0 Å². The lowest BCUT2D eigenvalue weighted by Gasteiger charge is -2.33. The Labute approximate surface area is 123 Å². The number of nitrogens with one attached hydrogen (secondary N) is 1. The number of piperidine rings is 1. The summed E-state index contributed by atoms with van der Waals surface area (Å²) in [7, 11) is 1.77. The fourth-order valence-corrected chi connectivity index (χ4v) is 2.96. The van der Waals surface area contributed by atoms with Crippen molar-refractivity contribution in [1.29, 1.82) is 0 Å². The predicted molar refractivity (Wildman–Crippen MR) is 84.1 cm³/mol.